The molecule has 0 unspecified atom stereocenters. The van der Waals surface area contributed by atoms with E-state index in [0.29, 0.717) is 5.69 Å². The van der Waals surface area contributed by atoms with Gasteiger partial charge in [0.25, 0.3) is 0 Å². The standard InChI is InChI=1S/C20H33BINO2S/c1-8-26(22,9-2,10-3)12-11-16-13-17(15-18(23)14-16)21-24-19(4,5)20(6,7)25-21/h13-15,26H,8-10,23H2,1-7H3. The summed E-state index contributed by atoms with van der Waals surface area (Å²) in [5.41, 5.74) is 8.00. The Labute approximate surface area is 172 Å². The van der Waals surface area contributed by atoms with Crippen molar-refractivity contribution in [3.8, 4) is 11.2 Å². The molecular weight excluding hydrogens is 456 g/mol. The van der Waals surface area contributed by atoms with E-state index in [0.717, 1.165) is 28.3 Å². The van der Waals surface area contributed by atoms with Gasteiger partial charge in [-0.25, -0.2) is 0 Å². The maximum atomic E-state index is 6.17. The zero-order valence-corrected chi connectivity index (χ0v) is 20.2. The molecule has 0 spiro atoms. The van der Waals surface area contributed by atoms with Crippen LogP contribution in [0.25, 0.3) is 0 Å². The molecule has 1 aromatic rings. The first-order valence-electron chi connectivity index (χ1n) is 9.40. The fraction of sp³-hybridized carbons (Fsp3) is 0.600. The summed E-state index contributed by atoms with van der Waals surface area (Å²) in [4.78, 5) is 0. The SMILES string of the molecule is CC[SH](I)(C#Cc1cc(N)cc(B2OC(C)(C)C(C)(C)O2)c1)(CC)CC. The summed E-state index contributed by atoms with van der Waals surface area (Å²) < 4.78 is 12.3. The first kappa shape index (κ1) is 21.9. The molecule has 1 aromatic carbocycles. The minimum Gasteiger partial charge on any atom is -0.399 e. The Hall–Kier alpha value is -0.355. The van der Waals surface area contributed by atoms with E-state index in [2.05, 4.69) is 86.9 Å². The summed E-state index contributed by atoms with van der Waals surface area (Å²) in [7, 11) is -0.414. The van der Waals surface area contributed by atoms with Crippen molar-refractivity contribution in [2.24, 2.45) is 0 Å². The average molecular weight is 489 g/mol. The van der Waals surface area contributed by atoms with Gasteiger partial charge in [0.1, 0.15) is 0 Å². The van der Waals surface area contributed by atoms with Gasteiger partial charge < -0.3 is 15.0 Å². The van der Waals surface area contributed by atoms with Crippen LogP contribution in [0.4, 0.5) is 5.69 Å². The summed E-state index contributed by atoms with van der Waals surface area (Å²) >= 11 is 2.67. The first-order chi connectivity index (χ1) is 11.9. The van der Waals surface area contributed by atoms with Gasteiger partial charge in [-0.3, -0.25) is 0 Å². The molecule has 0 amide bonds. The molecule has 1 aliphatic heterocycles. The zero-order valence-electron chi connectivity index (χ0n) is 17.1. The number of benzene rings is 1. The van der Waals surface area contributed by atoms with Crippen LogP contribution in [0.5, 0.6) is 0 Å². The Morgan fingerprint density at radius 2 is 1.50 bits per heavy atom. The van der Waals surface area contributed by atoms with Crippen molar-refractivity contribution in [2.75, 3.05) is 23.0 Å². The van der Waals surface area contributed by atoms with Gasteiger partial charge in [0, 0.05) is 11.3 Å². The van der Waals surface area contributed by atoms with Gasteiger partial charge in [-0.05, 0) is 89.8 Å². The molecule has 0 atom stereocenters. The van der Waals surface area contributed by atoms with Crippen LogP contribution in [0.1, 0.15) is 54.0 Å². The van der Waals surface area contributed by atoms with Crippen LogP contribution < -0.4 is 11.2 Å². The Morgan fingerprint density at radius 1 is 1.00 bits per heavy atom. The molecule has 1 saturated heterocycles. The summed E-state index contributed by atoms with van der Waals surface area (Å²) in [6, 6.07) is 5.93. The predicted octanol–water partition coefficient (Wildman–Crippen LogP) is 4.36. The normalized spacial score (nSPS) is 20.2. The number of rotatable bonds is 4. The summed E-state index contributed by atoms with van der Waals surface area (Å²) in [5.74, 6) is 6.85. The van der Waals surface area contributed by atoms with Gasteiger partial charge in [-0.2, -0.15) is 6.33 Å². The van der Waals surface area contributed by atoms with E-state index in [9.17, 15) is 0 Å². The molecule has 0 aromatic heterocycles. The van der Waals surface area contributed by atoms with Crippen molar-refractivity contribution < 1.29 is 9.31 Å². The summed E-state index contributed by atoms with van der Waals surface area (Å²) in [5, 5.41) is 3.68. The molecule has 1 aliphatic rings. The second kappa shape index (κ2) is 7.23. The van der Waals surface area contributed by atoms with Crippen LogP contribution in [0.3, 0.4) is 0 Å². The van der Waals surface area contributed by atoms with Crippen molar-refractivity contribution in [1.29, 1.82) is 0 Å². The van der Waals surface area contributed by atoms with Gasteiger partial charge in [-0.1, -0.05) is 31.9 Å². The second-order valence-corrected chi connectivity index (χ2v) is 21.1. The first-order valence-corrected chi connectivity index (χ1v) is 15.0. The number of hydrogen-bond donors (Lipinski definition) is 2. The quantitative estimate of drug-likeness (QED) is 0.217. The molecule has 146 valence electrons. The van der Waals surface area contributed by atoms with E-state index in [-0.39, 0.29) is 11.2 Å². The lowest BCUT2D eigenvalue weighted by Crippen LogP contribution is -2.41. The van der Waals surface area contributed by atoms with Crippen LogP contribution in [-0.4, -0.2) is 35.6 Å². The Morgan fingerprint density at radius 3 is 1.96 bits per heavy atom. The third-order valence-electron chi connectivity index (χ3n) is 6.16. The van der Waals surface area contributed by atoms with Crippen molar-refractivity contribution in [3.05, 3.63) is 23.8 Å². The highest BCUT2D eigenvalue weighted by atomic mass is 127. The molecule has 2 rings (SSSR count). The third kappa shape index (κ3) is 4.21. The van der Waals surface area contributed by atoms with Gasteiger partial charge in [0.05, 0.1) is 11.2 Å². The Bertz CT molecular complexity index is 723. The highest BCUT2D eigenvalue weighted by Gasteiger charge is 2.51. The van der Waals surface area contributed by atoms with Gasteiger partial charge >= 0.3 is 7.12 Å². The fourth-order valence-electron chi connectivity index (χ4n) is 2.98. The van der Waals surface area contributed by atoms with Crippen molar-refractivity contribution in [2.45, 2.75) is 59.7 Å². The van der Waals surface area contributed by atoms with Gasteiger partial charge in [0.15, 0.2) is 0 Å². The molecule has 3 nitrogen and oxygen atoms in total. The summed E-state index contributed by atoms with van der Waals surface area (Å²) in [6.45, 7) is 15.0. The van der Waals surface area contributed by atoms with Gasteiger partial charge in [0.2, 0.25) is 0 Å². The number of nitrogen functional groups attached to an aromatic ring is 1. The highest BCUT2D eigenvalue weighted by Crippen LogP contribution is 2.75. The molecule has 26 heavy (non-hydrogen) atoms. The molecule has 0 bridgehead atoms. The largest absolute Gasteiger partial charge is 0.494 e. The van der Waals surface area contributed by atoms with E-state index in [1.54, 1.807) is 0 Å². The lowest BCUT2D eigenvalue weighted by Gasteiger charge is -2.49. The summed E-state index contributed by atoms with van der Waals surface area (Å²) in [6.07, 6.45) is -1.99. The van der Waals surface area contributed by atoms with E-state index in [1.165, 1.54) is 0 Å². The number of thiol groups is 1. The Kier molecular flexibility index (Phi) is 6.10. The van der Waals surface area contributed by atoms with Crippen LogP contribution in [0.2, 0.25) is 0 Å². The maximum Gasteiger partial charge on any atom is 0.494 e. The lowest BCUT2D eigenvalue weighted by molar-refractivity contribution is 0.00578. The van der Waals surface area contributed by atoms with Crippen LogP contribution >= 0.6 is 27.5 Å². The number of halogens is 1. The molecular formula is C20H33BINO2S. The second-order valence-electron chi connectivity index (χ2n) is 8.25. The molecule has 1 heterocycles. The zero-order chi connectivity index (χ0) is 19.8. The maximum absolute atomic E-state index is 6.17. The molecule has 1 fully saturated rings. The molecule has 2 N–H and O–H groups in total. The van der Waals surface area contributed by atoms with E-state index in [1.807, 2.05) is 12.1 Å². The monoisotopic (exact) mass is 489 g/mol. The van der Waals surface area contributed by atoms with E-state index in [4.69, 9.17) is 15.0 Å². The highest BCUT2D eigenvalue weighted by molar-refractivity contribution is 14.2. The number of nitrogens with two attached hydrogens (primary N) is 1. The van der Waals surface area contributed by atoms with Crippen LogP contribution in [0, 0.1) is 11.2 Å². The van der Waals surface area contributed by atoms with Gasteiger partial charge in [-0.15, -0.1) is 0 Å². The Balaban J connectivity index is 2.41. The molecule has 0 saturated carbocycles. The van der Waals surface area contributed by atoms with Crippen LogP contribution in [-0.2, 0) is 9.31 Å². The number of hydrogen-bond acceptors (Lipinski definition) is 3. The molecule has 0 radical (unpaired) electrons. The van der Waals surface area contributed by atoms with Crippen molar-refractivity contribution in [1.82, 2.24) is 0 Å². The predicted molar refractivity (Wildman–Crippen MR) is 128 cm³/mol. The van der Waals surface area contributed by atoms with Crippen LogP contribution in [0.15, 0.2) is 18.2 Å². The number of anilines is 1. The smallest absolute Gasteiger partial charge is 0.399 e. The van der Waals surface area contributed by atoms with Crippen molar-refractivity contribution in [3.63, 3.8) is 0 Å². The average Bonchev–Trinajstić information content (AvgIpc) is 2.81. The van der Waals surface area contributed by atoms with Crippen molar-refractivity contribution >= 4 is 45.8 Å². The molecule has 6 heteroatoms. The molecule has 0 aliphatic carbocycles. The minimum atomic E-state index is -1.99. The third-order valence-corrected chi connectivity index (χ3v) is 18.0. The van der Waals surface area contributed by atoms with E-state index >= 15 is 0 Å². The van der Waals surface area contributed by atoms with E-state index < -0.39 is 13.5 Å². The fourth-order valence-corrected chi connectivity index (χ4v) is 5.56. The minimum absolute atomic E-state index is 0.366. The lowest BCUT2D eigenvalue weighted by atomic mass is 9.78. The topological polar surface area (TPSA) is 44.5 Å².